The van der Waals surface area contributed by atoms with Crippen molar-refractivity contribution in [3.05, 3.63) is 143 Å². The highest BCUT2D eigenvalue weighted by Crippen LogP contribution is 2.23. The van der Waals surface area contributed by atoms with E-state index in [1.165, 1.54) is 0 Å². The normalized spacial score (nSPS) is 11.8. The van der Waals surface area contributed by atoms with Gasteiger partial charge >= 0.3 is 5.97 Å². The fourth-order valence-electron chi connectivity index (χ4n) is 4.15. The Morgan fingerprint density at radius 1 is 0.658 bits per heavy atom. The maximum atomic E-state index is 14.7. The molecule has 0 saturated carbocycles. The van der Waals surface area contributed by atoms with Crippen molar-refractivity contribution in [2.24, 2.45) is 0 Å². The molecule has 1 atom stereocenters. The molecule has 1 unspecified atom stereocenters. The van der Waals surface area contributed by atoms with Crippen LogP contribution in [0.25, 0.3) is 0 Å². The van der Waals surface area contributed by atoms with Gasteiger partial charge in [-0.1, -0.05) is 91.0 Å². The van der Waals surface area contributed by atoms with Crippen LogP contribution in [0.1, 0.15) is 33.5 Å². The minimum absolute atomic E-state index is 0.00249. The molecule has 0 fully saturated rings. The highest BCUT2D eigenvalue weighted by molar-refractivity contribution is 6.02. The van der Waals surface area contributed by atoms with Gasteiger partial charge in [0.2, 0.25) is 0 Å². The number of ether oxygens (including phenoxy) is 1. The van der Waals surface area contributed by atoms with Crippen LogP contribution >= 0.6 is 0 Å². The Kier molecular flexibility index (Phi) is 9.06. The second-order valence-corrected chi connectivity index (χ2v) is 8.85. The summed E-state index contributed by atoms with van der Waals surface area (Å²) in [5.74, 6) is -5.47. The van der Waals surface area contributed by atoms with Crippen LogP contribution in [-0.4, -0.2) is 22.7 Å². The lowest BCUT2D eigenvalue weighted by Crippen LogP contribution is -2.42. The van der Waals surface area contributed by atoms with Crippen molar-refractivity contribution in [1.82, 2.24) is 4.90 Å². The van der Waals surface area contributed by atoms with Gasteiger partial charge in [0.25, 0.3) is 0 Å². The minimum Gasteiger partial charge on any atom is -0.461 e. The Hall–Kier alpha value is -4.23. The second kappa shape index (κ2) is 12.8. The van der Waals surface area contributed by atoms with E-state index < -0.39 is 47.2 Å². The number of hydrogen-bond donors (Lipinski definition) is 0. The molecule has 0 N–H and O–H groups in total. The molecule has 194 valence electrons. The van der Waals surface area contributed by atoms with E-state index >= 15 is 0 Å². The summed E-state index contributed by atoms with van der Waals surface area (Å²) in [4.78, 5) is 28.4. The fraction of sp³-hybridized carbons (Fsp3) is 0.161. The highest BCUT2D eigenvalue weighted by Gasteiger charge is 2.32. The molecule has 38 heavy (non-hydrogen) atoms. The largest absolute Gasteiger partial charge is 0.461 e. The number of halogens is 3. The SMILES string of the molecule is O=C(CC(C(=O)c1cc(F)c(F)cc1F)N(Cc1ccccc1)Cc1ccccc1)OCc1ccccc1. The minimum atomic E-state index is -1.40. The van der Waals surface area contributed by atoms with Crippen LogP contribution in [0.3, 0.4) is 0 Å². The molecule has 4 rings (SSSR count). The summed E-state index contributed by atoms with van der Waals surface area (Å²) < 4.78 is 47.8. The average molecular weight is 518 g/mol. The number of benzene rings is 4. The van der Waals surface area contributed by atoms with E-state index in [9.17, 15) is 22.8 Å². The van der Waals surface area contributed by atoms with Gasteiger partial charge in [0.05, 0.1) is 18.0 Å². The average Bonchev–Trinajstić information content (AvgIpc) is 2.93. The quantitative estimate of drug-likeness (QED) is 0.130. The van der Waals surface area contributed by atoms with Crippen molar-refractivity contribution < 1.29 is 27.5 Å². The Balaban J connectivity index is 1.67. The number of carbonyl (C=O) groups is 2. The Bertz CT molecular complexity index is 1320. The Labute approximate surface area is 219 Å². The molecule has 0 saturated heterocycles. The van der Waals surface area contributed by atoms with Gasteiger partial charge in [0.15, 0.2) is 17.4 Å². The van der Waals surface area contributed by atoms with Crippen LogP contribution in [0.2, 0.25) is 0 Å². The number of nitrogens with zero attached hydrogens (tertiary/aromatic N) is 1. The molecule has 0 aliphatic rings. The first kappa shape index (κ1) is 26.8. The molecule has 0 aliphatic heterocycles. The number of esters is 1. The molecular formula is C31H26F3NO3. The van der Waals surface area contributed by atoms with E-state index in [0.29, 0.717) is 12.1 Å². The molecule has 0 radical (unpaired) electrons. The fourth-order valence-corrected chi connectivity index (χ4v) is 4.15. The van der Waals surface area contributed by atoms with E-state index in [0.717, 1.165) is 16.7 Å². The van der Waals surface area contributed by atoms with E-state index in [2.05, 4.69) is 0 Å². The molecule has 0 bridgehead atoms. The molecular weight excluding hydrogens is 491 g/mol. The van der Waals surface area contributed by atoms with Crippen LogP contribution < -0.4 is 0 Å². The Morgan fingerprint density at radius 2 is 1.13 bits per heavy atom. The Morgan fingerprint density at radius 3 is 1.66 bits per heavy atom. The van der Waals surface area contributed by atoms with Crippen LogP contribution in [-0.2, 0) is 29.2 Å². The summed E-state index contributed by atoms with van der Waals surface area (Å²) in [6.07, 6.45) is -0.413. The van der Waals surface area contributed by atoms with E-state index in [1.54, 1.807) is 17.0 Å². The molecule has 0 aromatic heterocycles. The number of rotatable bonds is 11. The molecule has 0 spiro atoms. The molecule has 4 nitrogen and oxygen atoms in total. The van der Waals surface area contributed by atoms with Crippen LogP contribution in [0.15, 0.2) is 103 Å². The maximum absolute atomic E-state index is 14.7. The zero-order chi connectivity index (χ0) is 26.9. The van der Waals surface area contributed by atoms with Gasteiger partial charge in [-0.3, -0.25) is 14.5 Å². The number of hydrogen-bond acceptors (Lipinski definition) is 4. The van der Waals surface area contributed by atoms with E-state index in [4.69, 9.17) is 4.74 Å². The van der Waals surface area contributed by atoms with Crippen molar-refractivity contribution in [1.29, 1.82) is 0 Å². The van der Waals surface area contributed by atoms with Gasteiger partial charge in [-0.15, -0.1) is 0 Å². The predicted octanol–water partition coefficient (Wildman–Crippen LogP) is 6.49. The predicted molar refractivity (Wildman–Crippen MR) is 137 cm³/mol. The van der Waals surface area contributed by atoms with Gasteiger partial charge in [-0.25, -0.2) is 13.2 Å². The van der Waals surface area contributed by atoms with Crippen molar-refractivity contribution in [3.8, 4) is 0 Å². The number of ketones is 1. The monoisotopic (exact) mass is 517 g/mol. The first-order valence-corrected chi connectivity index (χ1v) is 12.1. The first-order chi connectivity index (χ1) is 18.4. The third-order valence-corrected chi connectivity index (χ3v) is 6.08. The third kappa shape index (κ3) is 7.17. The lowest BCUT2D eigenvalue weighted by Gasteiger charge is -2.31. The van der Waals surface area contributed by atoms with Crippen LogP contribution in [0.4, 0.5) is 13.2 Å². The lowest BCUT2D eigenvalue weighted by molar-refractivity contribution is -0.146. The van der Waals surface area contributed by atoms with Gasteiger partial charge in [0.1, 0.15) is 12.4 Å². The third-order valence-electron chi connectivity index (χ3n) is 6.08. The van der Waals surface area contributed by atoms with Crippen molar-refractivity contribution in [2.45, 2.75) is 32.2 Å². The van der Waals surface area contributed by atoms with Crippen LogP contribution in [0.5, 0.6) is 0 Å². The molecule has 4 aromatic rings. The van der Waals surface area contributed by atoms with Crippen molar-refractivity contribution >= 4 is 11.8 Å². The number of Topliss-reactive ketones (excluding diaryl/α,β-unsaturated/α-hetero) is 1. The lowest BCUT2D eigenvalue weighted by atomic mass is 9.97. The summed E-state index contributed by atoms with van der Waals surface area (Å²) in [7, 11) is 0. The number of carbonyl (C=O) groups excluding carboxylic acids is 2. The van der Waals surface area contributed by atoms with Gasteiger partial charge < -0.3 is 4.74 Å². The topological polar surface area (TPSA) is 46.6 Å². The maximum Gasteiger partial charge on any atom is 0.308 e. The molecule has 0 amide bonds. The van der Waals surface area contributed by atoms with Gasteiger partial charge in [-0.05, 0) is 22.8 Å². The van der Waals surface area contributed by atoms with Crippen molar-refractivity contribution in [3.63, 3.8) is 0 Å². The van der Waals surface area contributed by atoms with Crippen LogP contribution in [0, 0.1) is 17.5 Å². The molecule has 0 heterocycles. The van der Waals surface area contributed by atoms with Gasteiger partial charge in [-0.2, -0.15) is 0 Å². The molecule has 0 aliphatic carbocycles. The first-order valence-electron chi connectivity index (χ1n) is 12.1. The summed E-state index contributed by atoms with van der Waals surface area (Å²) in [5, 5.41) is 0. The van der Waals surface area contributed by atoms with E-state index in [-0.39, 0.29) is 19.7 Å². The molecule has 4 aromatic carbocycles. The standard InChI is InChI=1S/C31H26F3NO3/c32-26-17-28(34)27(33)16-25(26)31(37)29(18-30(36)38-21-24-14-8-3-9-15-24)35(19-22-10-4-1-5-11-22)20-23-12-6-2-7-13-23/h1-17,29H,18-21H2. The highest BCUT2D eigenvalue weighted by atomic mass is 19.2. The van der Waals surface area contributed by atoms with Gasteiger partial charge in [0, 0.05) is 19.2 Å². The zero-order valence-corrected chi connectivity index (χ0v) is 20.5. The summed E-state index contributed by atoms with van der Waals surface area (Å²) in [5.41, 5.74) is 1.84. The van der Waals surface area contributed by atoms with E-state index in [1.807, 2.05) is 78.9 Å². The second-order valence-electron chi connectivity index (χ2n) is 8.85. The smallest absolute Gasteiger partial charge is 0.308 e. The summed E-state index contributed by atoms with van der Waals surface area (Å²) >= 11 is 0. The molecule has 7 heteroatoms. The summed E-state index contributed by atoms with van der Waals surface area (Å²) in [6, 6.07) is 27.3. The van der Waals surface area contributed by atoms with Crippen molar-refractivity contribution in [2.75, 3.05) is 0 Å². The zero-order valence-electron chi connectivity index (χ0n) is 20.5. The summed E-state index contributed by atoms with van der Waals surface area (Å²) in [6.45, 7) is 0.476.